The first-order valence-corrected chi connectivity index (χ1v) is 7.15. The summed E-state index contributed by atoms with van der Waals surface area (Å²) in [6.45, 7) is 2.06. The molecule has 1 aromatic rings. The first-order valence-electron chi connectivity index (χ1n) is 6.36. The Morgan fingerprint density at radius 2 is 1.95 bits per heavy atom. The van der Waals surface area contributed by atoms with Gasteiger partial charge in [-0.1, -0.05) is 0 Å². The van der Waals surface area contributed by atoms with Crippen LogP contribution in [0, 0.1) is 5.82 Å². The van der Waals surface area contributed by atoms with E-state index in [-0.39, 0.29) is 16.8 Å². The van der Waals surface area contributed by atoms with Crippen molar-refractivity contribution in [3.8, 4) is 5.75 Å². The molecule has 22 heavy (non-hydrogen) atoms. The van der Waals surface area contributed by atoms with Gasteiger partial charge in [-0.2, -0.15) is 8.78 Å². The number of nitrogens with zero attached hydrogens (tertiary/aromatic N) is 1. The van der Waals surface area contributed by atoms with E-state index in [1.54, 1.807) is 20.8 Å². The fourth-order valence-corrected chi connectivity index (χ4v) is 1.89. The third-order valence-electron chi connectivity index (χ3n) is 2.40. The highest BCUT2D eigenvalue weighted by Gasteiger charge is 2.21. The minimum Gasteiger partial charge on any atom is -0.444 e. The molecular formula is C14H17BrF3NO3. The zero-order valence-corrected chi connectivity index (χ0v) is 14.2. The van der Waals surface area contributed by atoms with Gasteiger partial charge in [0.25, 0.3) is 0 Å². The van der Waals surface area contributed by atoms with Gasteiger partial charge in [0.05, 0.1) is 4.47 Å². The van der Waals surface area contributed by atoms with Crippen LogP contribution in [-0.4, -0.2) is 30.3 Å². The van der Waals surface area contributed by atoms with Gasteiger partial charge >= 0.3 is 12.7 Å². The monoisotopic (exact) mass is 383 g/mol. The summed E-state index contributed by atoms with van der Waals surface area (Å²) in [6, 6.07) is 2.36. The number of rotatable bonds is 4. The lowest BCUT2D eigenvalue weighted by Gasteiger charge is -2.24. The molecule has 0 saturated carbocycles. The van der Waals surface area contributed by atoms with Crippen LogP contribution in [0.2, 0.25) is 0 Å². The Morgan fingerprint density at radius 3 is 2.45 bits per heavy atom. The van der Waals surface area contributed by atoms with Crippen molar-refractivity contribution in [3.05, 3.63) is 28.0 Å². The van der Waals surface area contributed by atoms with E-state index in [9.17, 15) is 18.0 Å². The minimum absolute atomic E-state index is 0.0152. The molecule has 0 unspecified atom stereocenters. The summed E-state index contributed by atoms with van der Waals surface area (Å²) in [4.78, 5) is 13.0. The fraction of sp³-hybridized carbons (Fsp3) is 0.500. The Morgan fingerprint density at radius 1 is 1.36 bits per heavy atom. The summed E-state index contributed by atoms with van der Waals surface area (Å²) < 4.78 is 47.5. The van der Waals surface area contributed by atoms with Gasteiger partial charge in [-0.05, 0) is 54.4 Å². The zero-order valence-electron chi connectivity index (χ0n) is 12.6. The molecule has 0 heterocycles. The highest BCUT2D eigenvalue weighted by Crippen LogP contribution is 2.31. The molecule has 8 heteroatoms. The first-order chi connectivity index (χ1) is 9.99. The molecule has 0 aromatic heterocycles. The normalized spacial score (nSPS) is 11.5. The standard InChI is InChI=1S/C14H17BrF3NO3/c1-14(2,3)22-13(20)19(4)7-8-5-9(16)11(15)10(6-8)21-12(17)18/h5-6,12H,7H2,1-4H3. The molecule has 0 spiro atoms. The molecule has 0 aliphatic heterocycles. The molecular weight excluding hydrogens is 367 g/mol. The SMILES string of the molecule is CN(Cc1cc(F)c(Br)c(OC(F)F)c1)C(=O)OC(C)(C)C. The molecule has 124 valence electrons. The van der Waals surface area contributed by atoms with Crippen molar-refractivity contribution in [1.82, 2.24) is 4.90 Å². The molecule has 0 saturated heterocycles. The van der Waals surface area contributed by atoms with Gasteiger partial charge in [-0.3, -0.25) is 0 Å². The van der Waals surface area contributed by atoms with Gasteiger partial charge in [0.1, 0.15) is 17.2 Å². The van der Waals surface area contributed by atoms with Crippen molar-refractivity contribution in [2.45, 2.75) is 39.5 Å². The van der Waals surface area contributed by atoms with Crippen LogP contribution in [0.3, 0.4) is 0 Å². The van der Waals surface area contributed by atoms with Gasteiger partial charge in [0.15, 0.2) is 0 Å². The number of hydrogen-bond acceptors (Lipinski definition) is 3. The van der Waals surface area contributed by atoms with E-state index in [2.05, 4.69) is 20.7 Å². The van der Waals surface area contributed by atoms with E-state index >= 15 is 0 Å². The average molecular weight is 384 g/mol. The number of carbonyl (C=O) groups excluding carboxylic acids is 1. The van der Waals surface area contributed by atoms with Gasteiger partial charge in [0.2, 0.25) is 0 Å². The topological polar surface area (TPSA) is 38.8 Å². The summed E-state index contributed by atoms with van der Waals surface area (Å²) in [5, 5.41) is 0. The molecule has 1 aromatic carbocycles. The summed E-state index contributed by atoms with van der Waals surface area (Å²) in [7, 11) is 1.46. The Labute approximate surface area is 135 Å². The molecule has 0 N–H and O–H groups in total. The molecule has 1 amide bonds. The van der Waals surface area contributed by atoms with E-state index in [4.69, 9.17) is 4.74 Å². The highest BCUT2D eigenvalue weighted by molar-refractivity contribution is 9.10. The molecule has 0 aliphatic carbocycles. The van der Waals surface area contributed by atoms with Crippen molar-refractivity contribution in [1.29, 1.82) is 0 Å². The van der Waals surface area contributed by atoms with E-state index < -0.39 is 24.1 Å². The zero-order chi connectivity index (χ0) is 17.1. The van der Waals surface area contributed by atoms with Gasteiger partial charge in [-0.15, -0.1) is 0 Å². The second kappa shape index (κ2) is 7.21. The van der Waals surface area contributed by atoms with Gasteiger partial charge in [-0.25, -0.2) is 9.18 Å². The largest absolute Gasteiger partial charge is 0.444 e. The molecule has 0 radical (unpaired) electrons. The van der Waals surface area contributed by atoms with E-state index in [0.717, 1.165) is 6.07 Å². The Bertz CT molecular complexity index is 547. The molecule has 0 fully saturated rings. The van der Waals surface area contributed by atoms with Gasteiger partial charge < -0.3 is 14.4 Å². The number of benzene rings is 1. The van der Waals surface area contributed by atoms with E-state index in [1.807, 2.05) is 0 Å². The number of halogens is 4. The maximum Gasteiger partial charge on any atom is 0.410 e. The number of hydrogen-bond donors (Lipinski definition) is 0. The molecule has 0 bridgehead atoms. The Hall–Kier alpha value is -1.44. The first kappa shape index (κ1) is 18.6. The summed E-state index contributed by atoms with van der Waals surface area (Å²) in [6.07, 6.45) is -0.604. The summed E-state index contributed by atoms with van der Waals surface area (Å²) >= 11 is 2.84. The van der Waals surface area contributed by atoms with Crippen LogP contribution < -0.4 is 4.74 Å². The lowest BCUT2D eigenvalue weighted by Crippen LogP contribution is -2.33. The average Bonchev–Trinajstić information content (AvgIpc) is 2.32. The van der Waals surface area contributed by atoms with Crippen LogP contribution in [0.15, 0.2) is 16.6 Å². The maximum atomic E-state index is 13.7. The molecule has 0 aliphatic rings. The van der Waals surface area contributed by atoms with Crippen molar-refractivity contribution in [3.63, 3.8) is 0 Å². The van der Waals surface area contributed by atoms with Crippen LogP contribution in [0.25, 0.3) is 0 Å². The third kappa shape index (κ3) is 5.75. The van der Waals surface area contributed by atoms with Crippen molar-refractivity contribution >= 4 is 22.0 Å². The van der Waals surface area contributed by atoms with Crippen LogP contribution >= 0.6 is 15.9 Å². The van der Waals surface area contributed by atoms with Crippen LogP contribution in [0.5, 0.6) is 5.75 Å². The van der Waals surface area contributed by atoms with Crippen LogP contribution in [0.4, 0.5) is 18.0 Å². The Balaban J connectivity index is 2.89. The summed E-state index contributed by atoms with van der Waals surface area (Å²) in [5.74, 6) is -1.09. The second-order valence-electron chi connectivity index (χ2n) is 5.60. The van der Waals surface area contributed by atoms with Crippen molar-refractivity contribution in [2.75, 3.05) is 7.05 Å². The van der Waals surface area contributed by atoms with Gasteiger partial charge in [0, 0.05) is 13.6 Å². The third-order valence-corrected chi connectivity index (χ3v) is 3.17. The number of carbonyl (C=O) groups is 1. The Kier molecular flexibility index (Phi) is 6.10. The molecule has 4 nitrogen and oxygen atoms in total. The second-order valence-corrected chi connectivity index (χ2v) is 6.40. The van der Waals surface area contributed by atoms with E-state index in [1.165, 1.54) is 18.0 Å². The van der Waals surface area contributed by atoms with Crippen molar-refractivity contribution in [2.24, 2.45) is 0 Å². The lowest BCUT2D eigenvalue weighted by molar-refractivity contribution is -0.0506. The predicted octanol–water partition coefficient (Wildman–Crippen LogP) is 4.56. The quantitative estimate of drug-likeness (QED) is 0.764. The predicted molar refractivity (Wildman–Crippen MR) is 78.4 cm³/mol. The lowest BCUT2D eigenvalue weighted by atomic mass is 10.2. The van der Waals surface area contributed by atoms with Crippen LogP contribution in [0.1, 0.15) is 26.3 Å². The molecule has 0 atom stereocenters. The van der Waals surface area contributed by atoms with Crippen LogP contribution in [-0.2, 0) is 11.3 Å². The number of ether oxygens (including phenoxy) is 2. The molecule has 1 rings (SSSR count). The smallest absolute Gasteiger partial charge is 0.410 e. The maximum absolute atomic E-state index is 13.7. The number of alkyl halides is 2. The highest BCUT2D eigenvalue weighted by atomic mass is 79.9. The fourth-order valence-electron chi connectivity index (χ4n) is 1.57. The van der Waals surface area contributed by atoms with E-state index in [0.29, 0.717) is 5.56 Å². The van der Waals surface area contributed by atoms with Crippen molar-refractivity contribution < 1.29 is 27.4 Å². The minimum atomic E-state index is -3.07. The summed E-state index contributed by atoms with van der Waals surface area (Å²) in [5.41, 5.74) is -0.370. The number of amides is 1.